The van der Waals surface area contributed by atoms with Crippen LogP contribution in [0.4, 0.5) is 4.39 Å². The fourth-order valence-electron chi connectivity index (χ4n) is 1.96. The molecule has 1 amide bonds. The number of halogens is 1. The predicted octanol–water partition coefficient (Wildman–Crippen LogP) is 1.96. The lowest BCUT2D eigenvalue weighted by molar-refractivity contribution is -0.121. The molecule has 0 unspecified atom stereocenters. The van der Waals surface area contributed by atoms with Gasteiger partial charge in [0, 0.05) is 30.9 Å². The molecule has 0 saturated heterocycles. The number of carbonyl (C=O) groups excluding carboxylic acids is 1. The summed E-state index contributed by atoms with van der Waals surface area (Å²) in [6, 6.07) is 8.20. The minimum absolute atomic E-state index is 0.0679. The number of aliphatic hydroxyl groups excluding tert-OH is 1. The Labute approximate surface area is 122 Å². The van der Waals surface area contributed by atoms with E-state index in [1.165, 1.54) is 6.07 Å². The number of benzene rings is 1. The first-order valence-corrected chi connectivity index (χ1v) is 6.73. The Balaban J connectivity index is 1.81. The lowest BCUT2D eigenvalue weighted by Gasteiger charge is -2.07. The van der Waals surface area contributed by atoms with E-state index in [1.54, 1.807) is 24.5 Å². The van der Waals surface area contributed by atoms with Crippen LogP contribution in [0.25, 0.3) is 0 Å². The van der Waals surface area contributed by atoms with E-state index in [1.807, 2.05) is 12.1 Å². The summed E-state index contributed by atoms with van der Waals surface area (Å²) in [5.41, 5.74) is 2.06. The van der Waals surface area contributed by atoms with Gasteiger partial charge in [-0.1, -0.05) is 6.07 Å². The third-order valence-electron chi connectivity index (χ3n) is 3.16. The third kappa shape index (κ3) is 4.65. The Morgan fingerprint density at radius 3 is 2.67 bits per heavy atom. The number of amides is 1. The summed E-state index contributed by atoms with van der Waals surface area (Å²) >= 11 is 0. The van der Waals surface area contributed by atoms with Gasteiger partial charge in [-0.05, 0) is 41.8 Å². The molecule has 0 aliphatic rings. The number of hydrogen-bond donors (Lipinski definition) is 2. The number of aliphatic hydroxyl groups is 1. The number of nitrogens with zero attached hydrogens (tertiary/aromatic N) is 1. The van der Waals surface area contributed by atoms with Crippen molar-refractivity contribution in [3.63, 3.8) is 0 Å². The first-order valence-electron chi connectivity index (χ1n) is 6.73. The van der Waals surface area contributed by atoms with Crippen molar-refractivity contribution >= 4 is 5.91 Å². The molecule has 2 rings (SSSR count). The molecule has 5 heteroatoms. The predicted molar refractivity (Wildman–Crippen MR) is 76.7 cm³/mol. The van der Waals surface area contributed by atoms with Crippen LogP contribution in [0.3, 0.4) is 0 Å². The summed E-state index contributed by atoms with van der Waals surface area (Å²) in [6.45, 7) is -0.0296. The van der Waals surface area contributed by atoms with Gasteiger partial charge in [-0.25, -0.2) is 4.39 Å². The lowest BCUT2D eigenvalue weighted by atomic mass is 10.1. The highest BCUT2D eigenvalue weighted by Crippen LogP contribution is 2.10. The highest BCUT2D eigenvalue weighted by Gasteiger charge is 2.05. The Morgan fingerprint density at radius 1 is 1.19 bits per heavy atom. The van der Waals surface area contributed by atoms with E-state index in [0.717, 1.165) is 11.1 Å². The maximum atomic E-state index is 13.2. The molecule has 0 saturated carbocycles. The molecule has 1 aromatic heterocycles. The van der Waals surface area contributed by atoms with E-state index in [0.29, 0.717) is 19.4 Å². The van der Waals surface area contributed by atoms with Crippen molar-refractivity contribution < 1.29 is 14.3 Å². The summed E-state index contributed by atoms with van der Waals surface area (Å²) in [5, 5.41) is 11.8. The van der Waals surface area contributed by atoms with Crippen LogP contribution in [-0.4, -0.2) is 16.0 Å². The van der Waals surface area contributed by atoms with Crippen LogP contribution in [0, 0.1) is 5.82 Å². The van der Waals surface area contributed by atoms with Crippen molar-refractivity contribution in [1.82, 2.24) is 10.3 Å². The maximum Gasteiger partial charge on any atom is 0.220 e. The van der Waals surface area contributed by atoms with E-state index in [9.17, 15) is 9.18 Å². The van der Waals surface area contributed by atoms with E-state index in [4.69, 9.17) is 5.11 Å². The first-order chi connectivity index (χ1) is 10.2. The Hall–Kier alpha value is -2.27. The van der Waals surface area contributed by atoms with E-state index in [-0.39, 0.29) is 18.1 Å². The van der Waals surface area contributed by atoms with Gasteiger partial charge in [-0.2, -0.15) is 0 Å². The number of hydrogen-bond acceptors (Lipinski definition) is 3. The second-order valence-corrected chi connectivity index (χ2v) is 4.72. The number of pyridine rings is 1. The van der Waals surface area contributed by atoms with Crippen LogP contribution in [0.1, 0.15) is 23.1 Å². The smallest absolute Gasteiger partial charge is 0.220 e. The Kier molecular flexibility index (Phi) is 5.40. The van der Waals surface area contributed by atoms with Crippen molar-refractivity contribution in [2.75, 3.05) is 0 Å². The van der Waals surface area contributed by atoms with Gasteiger partial charge >= 0.3 is 0 Å². The van der Waals surface area contributed by atoms with Crippen LogP contribution in [0.15, 0.2) is 42.7 Å². The zero-order chi connectivity index (χ0) is 15.1. The molecule has 110 valence electrons. The van der Waals surface area contributed by atoms with E-state index < -0.39 is 5.82 Å². The van der Waals surface area contributed by atoms with Crippen molar-refractivity contribution in [3.8, 4) is 0 Å². The summed E-state index contributed by atoms with van der Waals surface area (Å²) in [7, 11) is 0. The van der Waals surface area contributed by atoms with Gasteiger partial charge in [-0.3, -0.25) is 9.78 Å². The standard InChI is InChI=1S/C16H17FN2O2/c17-15-3-1-13(9-14(15)11-20)10-19-16(21)4-2-12-5-7-18-8-6-12/h1,3,5-9,20H,2,4,10-11H2,(H,19,21). The molecular weight excluding hydrogens is 271 g/mol. The first kappa shape index (κ1) is 15.1. The average molecular weight is 288 g/mol. The lowest BCUT2D eigenvalue weighted by Crippen LogP contribution is -2.23. The van der Waals surface area contributed by atoms with Crippen LogP contribution in [-0.2, 0) is 24.4 Å². The normalized spacial score (nSPS) is 10.4. The molecule has 0 aliphatic heterocycles. The highest BCUT2D eigenvalue weighted by molar-refractivity contribution is 5.76. The van der Waals surface area contributed by atoms with E-state index in [2.05, 4.69) is 10.3 Å². The monoisotopic (exact) mass is 288 g/mol. The largest absolute Gasteiger partial charge is 0.392 e. The van der Waals surface area contributed by atoms with Crippen molar-refractivity contribution in [3.05, 3.63) is 65.2 Å². The van der Waals surface area contributed by atoms with Gasteiger partial charge in [0.1, 0.15) is 5.82 Å². The van der Waals surface area contributed by atoms with Gasteiger partial charge in [0.2, 0.25) is 5.91 Å². The molecule has 1 aromatic carbocycles. The molecule has 0 atom stereocenters. The van der Waals surface area contributed by atoms with Gasteiger partial charge < -0.3 is 10.4 Å². The maximum absolute atomic E-state index is 13.2. The minimum atomic E-state index is -0.440. The molecule has 2 N–H and O–H groups in total. The van der Waals surface area contributed by atoms with Gasteiger partial charge in [0.05, 0.1) is 6.61 Å². The zero-order valence-corrected chi connectivity index (χ0v) is 11.6. The molecule has 0 bridgehead atoms. The third-order valence-corrected chi connectivity index (χ3v) is 3.16. The number of carbonyl (C=O) groups is 1. The van der Waals surface area contributed by atoms with Gasteiger partial charge in [-0.15, -0.1) is 0 Å². The summed E-state index contributed by atoms with van der Waals surface area (Å²) < 4.78 is 13.2. The van der Waals surface area contributed by atoms with Crippen LogP contribution >= 0.6 is 0 Å². The average Bonchev–Trinajstić information content (AvgIpc) is 2.53. The molecule has 0 spiro atoms. The summed E-state index contributed by atoms with van der Waals surface area (Å²) in [6.07, 6.45) is 4.43. The Morgan fingerprint density at radius 2 is 1.95 bits per heavy atom. The molecule has 0 aliphatic carbocycles. The molecular formula is C16H17FN2O2. The molecule has 0 radical (unpaired) electrons. The second kappa shape index (κ2) is 7.50. The van der Waals surface area contributed by atoms with E-state index >= 15 is 0 Å². The fraction of sp³-hybridized carbons (Fsp3) is 0.250. The molecule has 2 aromatic rings. The van der Waals surface area contributed by atoms with Crippen molar-refractivity contribution in [1.29, 1.82) is 0 Å². The number of aryl methyl sites for hydroxylation is 1. The van der Waals surface area contributed by atoms with Gasteiger partial charge in [0.25, 0.3) is 0 Å². The number of nitrogens with one attached hydrogen (secondary N) is 1. The second-order valence-electron chi connectivity index (χ2n) is 4.72. The molecule has 0 fully saturated rings. The minimum Gasteiger partial charge on any atom is -0.392 e. The molecule has 21 heavy (non-hydrogen) atoms. The fourth-order valence-corrected chi connectivity index (χ4v) is 1.96. The quantitative estimate of drug-likeness (QED) is 0.854. The summed E-state index contributed by atoms with van der Waals surface area (Å²) in [4.78, 5) is 15.7. The SMILES string of the molecule is O=C(CCc1ccncc1)NCc1ccc(F)c(CO)c1. The van der Waals surface area contributed by atoms with Crippen molar-refractivity contribution in [2.24, 2.45) is 0 Å². The van der Waals surface area contributed by atoms with Crippen LogP contribution < -0.4 is 5.32 Å². The van der Waals surface area contributed by atoms with Crippen molar-refractivity contribution in [2.45, 2.75) is 26.0 Å². The topological polar surface area (TPSA) is 62.2 Å². The highest BCUT2D eigenvalue weighted by atomic mass is 19.1. The molecule has 1 heterocycles. The van der Waals surface area contributed by atoms with Crippen LogP contribution in [0.5, 0.6) is 0 Å². The number of aromatic nitrogens is 1. The molecule has 4 nitrogen and oxygen atoms in total. The van der Waals surface area contributed by atoms with Crippen LogP contribution in [0.2, 0.25) is 0 Å². The Bertz CT molecular complexity index is 602. The van der Waals surface area contributed by atoms with Gasteiger partial charge in [0.15, 0.2) is 0 Å². The summed E-state index contributed by atoms with van der Waals surface area (Å²) in [5.74, 6) is -0.507. The number of rotatable bonds is 6. The zero-order valence-electron chi connectivity index (χ0n) is 11.6.